The Morgan fingerprint density at radius 3 is 2.64 bits per heavy atom. The number of carbonyl (C=O) groups excluding carboxylic acids is 2. The maximum absolute atomic E-state index is 12.9. The van der Waals surface area contributed by atoms with Crippen LogP contribution in [-0.2, 0) is 16.2 Å². The fraction of sp³-hybridized carbons (Fsp3) is 0.381. The Morgan fingerprint density at radius 1 is 1.29 bits per heavy atom. The summed E-state index contributed by atoms with van der Waals surface area (Å²) in [6.07, 6.45) is 3.22. The normalized spacial score (nSPS) is 19.3. The molecule has 1 saturated heterocycles. The predicted octanol–water partition coefficient (Wildman–Crippen LogP) is 2.40. The second-order valence-corrected chi connectivity index (χ2v) is 7.44. The molecule has 148 valence electrons. The third kappa shape index (κ3) is 4.31. The number of nitrogens with two attached hydrogens (primary N) is 1. The summed E-state index contributed by atoms with van der Waals surface area (Å²) < 4.78 is 0. The van der Waals surface area contributed by atoms with Crippen LogP contribution in [0.2, 0.25) is 0 Å². The zero-order valence-corrected chi connectivity index (χ0v) is 16.2. The number of likely N-dealkylation sites (tertiary alicyclic amines) is 1. The van der Waals surface area contributed by atoms with E-state index in [-0.39, 0.29) is 12.6 Å². The molecule has 2 atom stereocenters. The van der Waals surface area contributed by atoms with Crippen molar-refractivity contribution >= 4 is 23.3 Å². The van der Waals surface area contributed by atoms with Gasteiger partial charge in [-0.3, -0.25) is 9.59 Å². The molecule has 0 spiro atoms. The Labute approximate surface area is 164 Å². The molecule has 1 aromatic heterocycles. The van der Waals surface area contributed by atoms with Gasteiger partial charge in [0, 0.05) is 6.54 Å². The highest BCUT2D eigenvalue weighted by atomic mass is 16.3. The minimum absolute atomic E-state index is 0.0257. The Bertz CT molecular complexity index is 866. The lowest BCUT2D eigenvalue weighted by atomic mass is 9.89. The first-order chi connectivity index (χ1) is 13.4. The number of rotatable bonds is 3. The average Bonchev–Trinajstić information content (AvgIpc) is 2.70. The maximum atomic E-state index is 12.9. The highest BCUT2D eigenvalue weighted by molar-refractivity contribution is 6.39. The second kappa shape index (κ2) is 8.39. The zero-order valence-electron chi connectivity index (χ0n) is 16.2. The number of nitrogens with one attached hydrogen (secondary N) is 1. The third-order valence-electron chi connectivity index (χ3n) is 5.20. The Kier molecular flexibility index (Phi) is 5.94. The van der Waals surface area contributed by atoms with Gasteiger partial charge in [0.25, 0.3) is 0 Å². The molecule has 1 aliphatic rings. The fourth-order valence-corrected chi connectivity index (χ4v) is 3.54. The summed E-state index contributed by atoms with van der Waals surface area (Å²) in [6.45, 7) is 4.37. The number of anilines is 2. The fourth-order valence-electron chi connectivity index (χ4n) is 3.54. The van der Waals surface area contributed by atoms with E-state index < -0.39 is 11.8 Å². The van der Waals surface area contributed by atoms with Gasteiger partial charge in [-0.25, -0.2) is 4.98 Å². The summed E-state index contributed by atoms with van der Waals surface area (Å²) in [5.74, 6) is -0.528. The van der Waals surface area contributed by atoms with Crippen LogP contribution in [0, 0.1) is 12.8 Å². The number of hydrogen-bond acceptors (Lipinski definition) is 5. The molecule has 2 amide bonds. The number of hydrogen-bond donors (Lipinski definition) is 3. The Balaban J connectivity index is 1.78. The third-order valence-corrected chi connectivity index (χ3v) is 5.20. The highest BCUT2D eigenvalue weighted by Gasteiger charge is 2.34. The Morgan fingerprint density at radius 2 is 2.00 bits per heavy atom. The number of benzene rings is 1. The van der Waals surface area contributed by atoms with Crippen LogP contribution in [0.3, 0.4) is 0 Å². The molecule has 4 N–H and O–H groups in total. The van der Waals surface area contributed by atoms with Crippen LogP contribution in [0.5, 0.6) is 0 Å². The van der Waals surface area contributed by atoms with Gasteiger partial charge in [0.15, 0.2) is 0 Å². The molecule has 7 heteroatoms. The number of aromatic nitrogens is 1. The quantitative estimate of drug-likeness (QED) is 0.707. The number of nitrogens with zero attached hydrogens (tertiary/aromatic N) is 2. The summed E-state index contributed by atoms with van der Waals surface area (Å²) >= 11 is 0. The molecule has 2 aromatic rings. The van der Waals surface area contributed by atoms with E-state index in [9.17, 15) is 14.7 Å². The molecule has 1 aromatic carbocycles. The van der Waals surface area contributed by atoms with Crippen LogP contribution < -0.4 is 11.1 Å². The SMILES string of the molecule is Cc1cc(NC(=O)C(=O)N2C[C@H](C)CC[C@H]2c2ccc(CO)cc2)cnc1N. The topological polar surface area (TPSA) is 109 Å². The van der Waals surface area contributed by atoms with Crippen molar-refractivity contribution in [3.05, 3.63) is 53.2 Å². The first-order valence-electron chi connectivity index (χ1n) is 9.42. The lowest BCUT2D eigenvalue weighted by Gasteiger charge is -2.38. The number of aliphatic hydroxyl groups is 1. The molecule has 2 heterocycles. The Hall–Kier alpha value is -2.93. The number of aliphatic hydroxyl groups excluding tert-OH is 1. The van der Waals surface area contributed by atoms with E-state index in [1.54, 1.807) is 17.9 Å². The number of aryl methyl sites for hydroxylation is 1. The summed E-state index contributed by atoms with van der Waals surface area (Å²) in [6, 6.07) is 9.05. The van der Waals surface area contributed by atoms with E-state index in [2.05, 4.69) is 17.2 Å². The van der Waals surface area contributed by atoms with Crippen molar-refractivity contribution in [2.45, 2.75) is 39.3 Å². The second-order valence-electron chi connectivity index (χ2n) is 7.44. The number of amides is 2. The number of carbonyl (C=O) groups is 2. The van der Waals surface area contributed by atoms with Crippen molar-refractivity contribution in [1.29, 1.82) is 0 Å². The van der Waals surface area contributed by atoms with Crippen LogP contribution in [0.15, 0.2) is 36.5 Å². The maximum Gasteiger partial charge on any atom is 0.313 e. The molecule has 28 heavy (non-hydrogen) atoms. The molecule has 3 rings (SSSR count). The van der Waals surface area contributed by atoms with Gasteiger partial charge in [-0.1, -0.05) is 31.2 Å². The van der Waals surface area contributed by atoms with Crippen LogP contribution in [-0.4, -0.2) is 33.3 Å². The first-order valence-corrected chi connectivity index (χ1v) is 9.42. The van der Waals surface area contributed by atoms with Gasteiger partial charge < -0.3 is 21.1 Å². The summed E-state index contributed by atoms with van der Waals surface area (Å²) in [7, 11) is 0. The van der Waals surface area contributed by atoms with Gasteiger partial charge in [-0.15, -0.1) is 0 Å². The number of nitrogen functional groups attached to an aromatic ring is 1. The molecule has 0 aliphatic carbocycles. The molecule has 1 fully saturated rings. The summed E-state index contributed by atoms with van der Waals surface area (Å²) in [4.78, 5) is 31.2. The highest BCUT2D eigenvalue weighted by Crippen LogP contribution is 2.33. The zero-order chi connectivity index (χ0) is 20.3. The van der Waals surface area contributed by atoms with Gasteiger partial charge in [0.2, 0.25) is 0 Å². The lowest BCUT2D eigenvalue weighted by Crippen LogP contribution is -2.46. The van der Waals surface area contributed by atoms with Gasteiger partial charge in [0.05, 0.1) is 24.5 Å². The molecule has 1 aliphatic heterocycles. The number of pyridine rings is 1. The van der Waals surface area contributed by atoms with Crippen molar-refractivity contribution in [3.63, 3.8) is 0 Å². The largest absolute Gasteiger partial charge is 0.392 e. The number of piperidine rings is 1. The van der Waals surface area contributed by atoms with Crippen molar-refractivity contribution < 1.29 is 14.7 Å². The van der Waals surface area contributed by atoms with E-state index in [4.69, 9.17) is 5.73 Å². The standard InChI is InChI=1S/C21H26N4O3/c1-13-3-8-18(16-6-4-15(12-26)5-7-16)25(11-13)21(28)20(27)24-17-9-14(2)19(22)23-10-17/h4-7,9-10,13,18,26H,3,8,11-12H2,1-2H3,(H2,22,23)(H,24,27)/t13-,18+/m1/s1. The summed E-state index contributed by atoms with van der Waals surface area (Å²) in [5, 5.41) is 11.9. The van der Waals surface area contributed by atoms with Crippen LogP contribution >= 0.6 is 0 Å². The van der Waals surface area contributed by atoms with Crippen LogP contribution in [0.25, 0.3) is 0 Å². The van der Waals surface area contributed by atoms with Gasteiger partial charge in [-0.05, 0) is 48.4 Å². The molecule has 0 radical (unpaired) electrons. The molecule has 0 bridgehead atoms. The van der Waals surface area contributed by atoms with Gasteiger partial charge >= 0.3 is 11.8 Å². The van der Waals surface area contributed by atoms with Crippen molar-refractivity contribution in [3.8, 4) is 0 Å². The van der Waals surface area contributed by atoms with Crippen molar-refractivity contribution in [1.82, 2.24) is 9.88 Å². The minimum atomic E-state index is -0.683. The van der Waals surface area contributed by atoms with Crippen molar-refractivity contribution in [2.24, 2.45) is 5.92 Å². The smallest absolute Gasteiger partial charge is 0.313 e. The van der Waals surface area contributed by atoms with E-state index in [0.717, 1.165) is 29.5 Å². The predicted molar refractivity (Wildman–Crippen MR) is 107 cm³/mol. The van der Waals surface area contributed by atoms with Gasteiger partial charge in [0.1, 0.15) is 5.82 Å². The molecule has 0 saturated carbocycles. The first kappa shape index (κ1) is 19.8. The monoisotopic (exact) mass is 382 g/mol. The van der Waals surface area contributed by atoms with Crippen LogP contribution in [0.4, 0.5) is 11.5 Å². The lowest BCUT2D eigenvalue weighted by molar-refractivity contribution is -0.146. The average molecular weight is 382 g/mol. The van der Waals surface area contributed by atoms with E-state index in [1.807, 2.05) is 24.3 Å². The molecule has 0 unspecified atom stereocenters. The van der Waals surface area contributed by atoms with Crippen molar-refractivity contribution in [2.75, 3.05) is 17.6 Å². The van der Waals surface area contributed by atoms with E-state index in [1.165, 1.54) is 6.20 Å². The van der Waals surface area contributed by atoms with Gasteiger partial charge in [-0.2, -0.15) is 0 Å². The van der Waals surface area contributed by atoms with E-state index in [0.29, 0.717) is 24.0 Å². The molecular weight excluding hydrogens is 356 g/mol. The molecular formula is C21H26N4O3. The molecule has 7 nitrogen and oxygen atoms in total. The van der Waals surface area contributed by atoms with Crippen LogP contribution in [0.1, 0.15) is 42.5 Å². The summed E-state index contributed by atoms with van der Waals surface area (Å²) in [5.41, 5.74) is 8.66. The minimum Gasteiger partial charge on any atom is -0.392 e. The van der Waals surface area contributed by atoms with E-state index >= 15 is 0 Å².